The Morgan fingerprint density at radius 1 is 1.28 bits per heavy atom. The predicted molar refractivity (Wildman–Crippen MR) is 94.2 cm³/mol. The molecule has 8 nitrogen and oxygen atoms in total. The molecule has 0 amide bonds. The summed E-state index contributed by atoms with van der Waals surface area (Å²) in [6.07, 6.45) is 0. The van der Waals surface area contributed by atoms with Crippen molar-refractivity contribution in [1.29, 1.82) is 5.26 Å². The zero-order chi connectivity index (χ0) is 17.8. The molecule has 0 spiro atoms. The lowest BCUT2D eigenvalue weighted by Gasteiger charge is -2.05. The van der Waals surface area contributed by atoms with E-state index in [4.69, 9.17) is 5.26 Å². The monoisotopic (exact) mass is 416 g/mol. The highest BCUT2D eigenvalue weighted by atomic mass is 79.9. The number of benzene rings is 2. The van der Waals surface area contributed by atoms with Gasteiger partial charge in [-0.15, -0.1) is 5.10 Å². The van der Waals surface area contributed by atoms with Crippen LogP contribution in [0.25, 0.3) is 5.69 Å². The highest BCUT2D eigenvalue weighted by Gasteiger charge is 2.13. The summed E-state index contributed by atoms with van der Waals surface area (Å²) in [5, 5.41) is 32.2. The summed E-state index contributed by atoms with van der Waals surface area (Å²) in [6, 6.07) is 13.7. The summed E-state index contributed by atoms with van der Waals surface area (Å²) in [5.41, 5.74) is 1.59. The molecule has 1 heterocycles. The third kappa shape index (κ3) is 4.01. The molecule has 0 radical (unpaired) electrons. The summed E-state index contributed by atoms with van der Waals surface area (Å²) in [4.78, 5) is 10.5. The minimum absolute atomic E-state index is 0.109. The molecule has 0 bridgehead atoms. The van der Waals surface area contributed by atoms with Crippen LogP contribution in [0.2, 0.25) is 0 Å². The summed E-state index contributed by atoms with van der Waals surface area (Å²) < 4.78 is 2.53. The second-order valence-electron chi connectivity index (χ2n) is 4.90. The number of tetrazole rings is 1. The van der Waals surface area contributed by atoms with E-state index in [0.717, 1.165) is 10.2 Å². The first-order chi connectivity index (χ1) is 12.1. The van der Waals surface area contributed by atoms with Gasteiger partial charge in [0.1, 0.15) is 0 Å². The van der Waals surface area contributed by atoms with Gasteiger partial charge in [-0.05, 0) is 46.3 Å². The van der Waals surface area contributed by atoms with Crippen LogP contribution < -0.4 is 0 Å². The Morgan fingerprint density at radius 2 is 2.04 bits per heavy atom. The maximum Gasteiger partial charge on any atom is 0.271 e. The molecular weight excluding hydrogens is 408 g/mol. The number of halogens is 1. The van der Waals surface area contributed by atoms with E-state index in [0.29, 0.717) is 16.5 Å². The predicted octanol–water partition coefficient (Wildman–Crippen LogP) is 3.50. The van der Waals surface area contributed by atoms with Gasteiger partial charge in [-0.25, -0.2) is 0 Å². The summed E-state index contributed by atoms with van der Waals surface area (Å²) >= 11 is 4.70. The van der Waals surface area contributed by atoms with Crippen molar-refractivity contribution in [3.05, 3.63) is 68.2 Å². The third-order valence-corrected chi connectivity index (χ3v) is 4.72. The Hall–Kier alpha value is -2.77. The first-order valence-electron chi connectivity index (χ1n) is 6.92. The standard InChI is InChI=1S/C15H9BrN6O2S/c16-12-1-3-13(4-2-12)21-15(18-19-20-21)25-9-11-5-10(8-17)6-14(7-11)22(23)24/h1-7H,9H2. The van der Waals surface area contributed by atoms with E-state index in [2.05, 4.69) is 31.5 Å². The highest BCUT2D eigenvalue weighted by Crippen LogP contribution is 2.26. The Labute approximate surface area is 154 Å². The first kappa shape index (κ1) is 17.1. The molecule has 25 heavy (non-hydrogen) atoms. The van der Waals surface area contributed by atoms with Gasteiger partial charge in [0.2, 0.25) is 5.16 Å². The number of nitro groups is 1. The molecule has 10 heteroatoms. The normalized spacial score (nSPS) is 10.4. The van der Waals surface area contributed by atoms with Gasteiger partial charge in [0.15, 0.2) is 0 Å². The summed E-state index contributed by atoms with van der Waals surface area (Å²) in [5.74, 6) is 0.396. The molecule has 0 atom stereocenters. The summed E-state index contributed by atoms with van der Waals surface area (Å²) in [7, 11) is 0. The molecule has 0 fully saturated rings. The van der Waals surface area contributed by atoms with Gasteiger partial charge in [-0.1, -0.05) is 27.7 Å². The number of rotatable bonds is 5. The van der Waals surface area contributed by atoms with Crippen LogP contribution in [-0.4, -0.2) is 25.1 Å². The minimum atomic E-state index is -0.513. The third-order valence-electron chi connectivity index (χ3n) is 3.20. The second kappa shape index (κ2) is 7.42. The van der Waals surface area contributed by atoms with Gasteiger partial charge in [0.25, 0.3) is 5.69 Å². The van der Waals surface area contributed by atoms with Crippen LogP contribution >= 0.6 is 27.7 Å². The molecule has 0 aliphatic carbocycles. The number of hydrogen-bond acceptors (Lipinski definition) is 7. The van der Waals surface area contributed by atoms with Gasteiger partial charge in [-0.2, -0.15) is 9.94 Å². The molecule has 0 saturated carbocycles. The fraction of sp³-hybridized carbons (Fsp3) is 0.0667. The molecule has 0 aliphatic rings. The fourth-order valence-corrected chi connectivity index (χ4v) is 3.17. The topological polar surface area (TPSA) is 111 Å². The van der Waals surface area contributed by atoms with Crippen LogP contribution in [0.3, 0.4) is 0 Å². The lowest BCUT2D eigenvalue weighted by atomic mass is 10.1. The van der Waals surface area contributed by atoms with Crippen molar-refractivity contribution >= 4 is 33.4 Å². The number of aromatic nitrogens is 4. The molecule has 3 rings (SSSR count). The van der Waals surface area contributed by atoms with Crippen molar-refractivity contribution < 1.29 is 4.92 Å². The molecule has 1 aromatic heterocycles. The number of nitro benzene ring substituents is 1. The van der Waals surface area contributed by atoms with Crippen molar-refractivity contribution in [2.75, 3.05) is 0 Å². The largest absolute Gasteiger partial charge is 0.271 e. The van der Waals surface area contributed by atoms with E-state index in [1.165, 1.54) is 23.9 Å². The van der Waals surface area contributed by atoms with Crippen molar-refractivity contribution in [1.82, 2.24) is 20.2 Å². The van der Waals surface area contributed by atoms with Gasteiger partial charge in [0, 0.05) is 22.4 Å². The van der Waals surface area contributed by atoms with E-state index >= 15 is 0 Å². The van der Waals surface area contributed by atoms with Crippen molar-refractivity contribution in [2.45, 2.75) is 10.9 Å². The Kier molecular flexibility index (Phi) is 5.06. The number of non-ortho nitro benzene ring substituents is 1. The molecule has 124 valence electrons. The van der Waals surface area contributed by atoms with E-state index in [1.807, 2.05) is 30.3 Å². The average Bonchev–Trinajstić information content (AvgIpc) is 3.08. The molecule has 0 aliphatic heterocycles. The lowest BCUT2D eigenvalue weighted by Crippen LogP contribution is -1.99. The van der Waals surface area contributed by atoms with Gasteiger partial charge in [0.05, 0.1) is 22.2 Å². The van der Waals surface area contributed by atoms with E-state index in [1.54, 1.807) is 10.7 Å². The first-order valence-corrected chi connectivity index (χ1v) is 8.70. The van der Waals surface area contributed by atoms with E-state index < -0.39 is 4.92 Å². The molecule has 0 saturated heterocycles. The minimum Gasteiger partial charge on any atom is -0.258 e. The highest BCUT2D eigenvalue weighted by molar-refractivity contribution is 9.10. The fourth-order valence-electron chi connectivity index (χ4n) is 2.09. The number of thioether (sulfide) groups is 1. The Bertz CT molecular complexity index is 967. The maximum absolute atomic E-state index is 11.0. The zero-order valence-corrected chi connectivity index (χ0v) is 14.9. The van der Waals surface area contributed by atoms with Gasteiger partial charge in [-0.3, -0.25) is 10.1 Å². The zero-order valence-electron chi connectivity index (χ0n) is 12.5. The van der Waals surface area contributed by atoms with Crippen molar-refractivity contribution in [2.24, 2.45) is 0 Å². The van der Waals surface area contributed by atoms with Crippen LogP contribution in [0.1, 0.15) is 11.1 Å². The Morgan fingerprint density at radius 3 is 2.72 bits per heavy atom. The van der Waals surface area contributed by atoms with Crippen molar-refractivity contribution in [3.8, 4) is 11.8 Å². The van der Waals surface area contributed by atoms with E-state index in [9.17, 15) is 10.1 Å². The molecule has 3 aromatic rings. The van der Waals surface area contributed by atoms with Crippen LogP contribution in [0.5, 0.6) is 0 Å². The number of nitrogens with zero attached hydrogens (tertiary/aromatic N) is 6. The van der Waals surface area contributed by atoms with Gasteiger partial charge < -0.3 is 0 Å². The quantitative estimate of drug-likeness (QED) is 0.355. The van der Waals surface area contributed by atoms with Crippen LogP contribution in [-0.2, 0) is 5.75 Å². The number of hydrogen-bond donors (Lipinski definition) is 0. The number of nitriles is 1. The molecule has 2 aromatic carbocycles. The summed E-state index contributed by atoms with van der Waals surface area (Å²) in [6.45, 7) is 0. The van der Waals surface area contributed by atoms with E-state index in [-0.39, 0.29) is 11.3 Å². The average molecular weight is 417 g/mol. The smallest absolute Gasteiger partial charge is 0.258 e. The van der Waals surface area contributed by atoms with Gasteiger partial charge >= 0.3 is 0 Å². The molecule has 0 unspecified atom stereocenters. The van der Waals surface area contributed by atoms with Crippen LogP contribution in [0.4, 0.5) is 5.69 Å². The molecular formula is C15H9BrN6O2S. The van der Waals surface area contributed by atoms with Crippen molar-refractivity contribution in [3.63, 3.8) is 0 Å². The lowest BCUT2D eigenvalue weighted by molar-refractivity contribution is -0.384. The SMILES string of the molecule is N#Cc1cc(CSc2nnnn2-c2ccc(Br)cc2)cc([N+](=O)[O-])c1. The Balaban J connectivity index is 1.82. The maximum atomic E-state index is 11.0. The van der Waals surface area contributed by atoms with Crippen LogP contribution in [0, 0.1) is 21.4 Å². The van der Waals surface area contributed by atoms with Crippen LogP contribution in [0.15, 0.2) is 52.1 Å². The second-order valence-corrected chi connectivity index (χ2v) is 6.75. The molecule has 0 N–H and O–H groups in total.